The van der Waals surface area contributed by atoms with Crippen molar-refractivity contribution < 1.29 is 19.4 Å². The maximum atomic E-state index is 11.1. The van der Waals surface area contributed by atoms with Crippen molar-refractivity contribution in [2.45, 2.75) is 0 Å². The predicted octanol–water partition coefficient (Wildman–Crippen LogP) is 6.03. The fourth-order valence-electron chi connectivity index (χ4n) is 2.89. The average molecular weight is 565 g/mol. The molecule has 0 saturated heterocycles. The Balaban J connectivity index is 1.72. The number of hydrogen-bond donors (Lipinski definition) is 1. The molecular weight excluding hydrogens is 555 g/mol. The highest BCUT2D eigenvalue weighted by molar-refractivity contribution is 14.1. The number of nitro benzene ring substituents is 2. The minimum Gasteiger partial charge on any atom is -0.502 e. The number of aromatic hydroxyl groups is 1. The van der Waals surface area contributed by atoms with Crippen LogP contribution in [0.2, 0.25) is 5.02 Å². The molecule has 0 aliphatic carbocycles. The first-order valence-corrected chi connectivity index (χ1v) is 10.2. The van der Waals surface area contributed by atoms with Crippen molar-refractivity contribution in [3.05, 3.63) is 82.9 Å². The lowest BCUT2D eigenvalue weighted by Crippen LogP contribution is -1.96. The number of phenolic OH excluding ortho intramolecular Hbond substituents is 1. The molecule has 0 amide bonds. The molecule has 0 atom stereocenters. The number of aromatic nitrogens is 1. The quantitative estimate of drug-likeness (QED) is 0.135. The Kier molecular flexibility index (Phi) is 5.76. The van der Waals surface area contributed by atoms with Crippen LogP contribution in [0.5, 0.6) is 5.75 Å². The normalized spacial score (nSPS) is 11.3. The zero-order valence-corrected chi connectivity index (χ0v) is 18.6. The van der Waals surface area contributed by atoms with Crippen molar-refractivity contribution in [3.63, 3.8) is 0 Å². The van der Waals surface area contributed by atoms with Crippen LogP contribution in [0.3, 0.4) is 0 Å². The Morgan fingerprint density at radius 1 is 1.09 bits per heavy atom. The molecule has 0 spiro atoms. The van der Waals surface area contributed by atoms with Gasteiger partial charge in [-0.15, -0.1) is 0 Å². The summed E-state index contributed by atoms with van der Waals surface area (Å²) in [7, 11) is 0. The van der Waals surface area contributed by atoms with E-state index in [1.807, 2.05) is 12.1 Å². The van der Waals surface area contributed by atoms with E-state index in [2.05, 4.69) is 32.6 Å². The van der Waals surface area contributed by atoms with Gasteiger partial charge in [0, 0.05) is 21.4 Å². The number of nitrogens with zero attached hydrogens (tertiary/aromatic N) is 4. The van der Waals surface area contributed by atoms with Gasteiger partial charge in [0.25, 0.3) is 5.69 Å². The summed E-state index contributed by atoms with van der Waals surface area (Å²) in [5, 5.41) is 32.7. The summed E-state index contributed by atoms with van der Waals surface area (Å²) in [5.74, 6) is -0.390. The van der Waals surface area contributed by atoms with Gasteiger partial charge < -0.3 is 9.52 Å². The molecule has 10 nitrogen and oxygen atoms in total. The number of hydrogen-bond acceptors (Lipinski definition) is 8. The van der Waals surface area contributed by atoms with Gasteiger partial charge in [0.05, 0.1) is 32.2 Å². The second-order valence-corrected chi connectivity index (χ2v) is 8.12. The van der Waals surface area contributed by atoms with Gasteiger partial charge in [-0.2, -0.15) is 0 Å². The van der Waals surface area contributed by atoms with Gasteiger partial charge in [0.15, 0.2) is 5.58 Å². The first-order chi connectivity index (χ1) is 15.2. The molecule has 1 N–H and O–H groups in total. The predicted molar refractivity (Wildman–Crippen MR) is 126 cm³/mol. The Morgan fingerprint density at radius 3 is 2.59 bits per heavy atom. The summed E-state index contributed by atoms with van der Waals surface area (Å²) >= 11 is 8.40. The van der Waals surface area contributed by atoms with E-state index in [1.54, 1.807) is 24.3 Å². The van der Waals surface area contributed by atoms with Crippen molar-refractivity contribution in [3.8, 4) is 17.2 Å². The van der Waals surface area contributed by atoms with Crippen molar-refractivity contribution in [1.82, 2.24) is 4.98 Å². The van der Waals surface area contributed by atoms with E-state index in [9.17, 15) is 25.3 Å². The third kappa shape index (κ3) is 4.24. The van der Waals surface area contributed by atoms with E-state index < -0.39 is 27.0 Å². The van der Waals surface area contributed by atoms with E-state index >= 15 is 0 Å². The maximum absolute atomic E-state index is 11.1. The second-order valence-electron chi connectivity index (χ2n) is 6.47. The zero-order valence-electron chi connectivity index (χ0n) is 15.7. The van der Waals surface area contributed by atoms with E-state index in [1.165, 1.54) is 0 Å². The molecule has 1 heterocycles. The largest absolute Gasteiger partial charge is 0.502 e. The van der Waals surface area contributed by atoms with Crippen molar-refractivity contribution in [1.29, 1.82) is 0 Å². The molecule has 0 radical (unpaired) electrons. The third-order valence-corrected chi connectivity index (χ3v) is 5.39. The Labute approximate surface area is 197 Å². The van der Waals surface area contributed by atoms with Crippen molar-refractivity contribution in [2.75, 3.05) is 0 Å². The molecule has 4 rings (SSSR count). The van der Waals surface area contributed by atoms with E-state index in [4.69, 9.17) is 16.0 Å². The lowest BCUT2D eigenvalue weighted by Gasteiger charge is -2.01. The maximum Gasteiger partial charge on any atom is 0.318 e. The molecule has 0 fully saturated rings. The number of benzene rings is 3. The lowest BCUT2D eigenvalue weighted by atomic mass is 10.1. The Morgan fingerprint density at radius 2 is 1.88 bits per heavy atom. The van der Waals surface area contributed by atoms with Crippen LogP contribution < -0.4 is 0 Å². The van der Waals surface area contributed by atoms with Crippen LogP contribution in [0, 0.1) is 23.8 Å². The van der Waals surface area contributed by atoms with Crippen LogP contribution in [-0.4, -0.2) is 26.2 Å². The second kappa shape index (κ2) is 8.51. The summed E-state index contributed by atoms with van der Waals surface area (Å²) < 4.78 is 6.73. The highest BCUT2D eigenvalue weighted by Crippen LogP contribution is 2.35. The molecule has 3 aromatic carbocycles. The summed E-state index contributed by atoms with van der Waals surface area (Å²) in [4.78, 5) is 29.0. The summed E-state index contributed by atoms with van der Waals surface area (Å²) in [6, 6.07) is 12.0. The Hall–Kier alpha value is -3.58. The number of rotatable bonds is 5. The van der Waals surface area contributed by atoms with Gasteiger partial charge in [-0.1, -0.05) is 11.6 Å². The van der Waals surface area contributed by atoms with Crippen LogP contribution >= 0.6 is 34.2 Å². The van der Waals surface area contributed by atoms with E-state index in [-0.39, 0.29) is 5.56 Å². The van der Waals surface area contributed by atoms with Crippen LogP contribution in [-0.2, 0) is 0 Å². The standard InChI is InChI=1S/C20H10ClIN4O6/c21-15-3-1-11(22)6-14(15)20-24-16-7-12(2-4-18(16)32-20)23-9-10-5-13(25(28)29)8-17(19(10)27)26(30)31/h1-9,27H. The fraction of sp³-hybridized carbons (Fsp3) is 0. The average Bonchev–Trinajstić information content (AvgIpc) is 3.17. The number of halogens is 2. The molecule has 0 saturated carbocycles. The van der Waals surface area contributed by atoms with Gasteiger partial charge >= 0.3 is 5.69 Å². The third-order valence-electron chi connectivity index (χ3n) is 4.39. The first-order valence-electron chi connectivity index (χ1n) is 8.79. The lowest BCUT2D eigenvalue weighted by molar-refractivity contribution is -0.394. The molecule has 0 bridgehead atoms. The van der Waals surface area contributed by atoms with Crippen LogP contribution in [0.15, 0.2) is 57.9 Å². The molecule has 160 valence electrons. The number of nitro groups is 2. The number of fused-ring (bicyclic) bond motifs is 1. The van der Waals surface area contributed by atoms with E-state index in [0.717, 1.165) is 15.9 Å². The van der Waals surface area contributed by atoms with Crippen molar-refractivity contribution >= 4 is 68.6 Å². The smallest absolute Gasteiger partial charge is 0.318 e. The van der Waals surface area contributed by atoms with Crippen LogP contribution in [0.25, 0.3) is 22.6 Å². The molecule has 0 aliphatic rings. The molecule has 0 aliphatic heterocycles. The molecular formula is C20H10ClIN4O6. The summed E-state index contributed by atoms with van der Waals surface area (Å²) in [5.41, 5.74) is 0.501. The molecule has 12 heteroatoms. The van der Waals surface area contributed by atoms with Crippen molar-refractivity contribution in [2.24, 2.45) is 4.99 Å². The SMILES string of the molecule is O=[N+]([O-])c1cc(C=Nc2ccc3oc(-c4cc(I)ccc4Cl)nc3c2)c(O)c([N+](=O)[O-])c1. The number of non-ortho nitro benzene ring substituents is 1. The number of oxazole rings is 1. The molecule has 0 unspecified atom stereocenters. The Bertz CT molecular complexity index is 1440. The van der Waals surface area contributed by atoms with Crippen LogP contribution in [0.1, 0.15) is 5.56 Å². The minimum atomic E-state index is -0.904. The van der Waals surface area contributed by atoms with Gasteiger partial charge in [-0.25, -0.2) is 4.98 Å². The highest BCUT2D eigenvalue weighted by Gasteiger charge is 2.23. The molecule has 1 aromatic heterocycles. The van der Waals surface area contributed by atoms with Crippen LogP contribution in [0.4, 0.5) is 17.1 Å². The van der Waals surface area contributed by atoms with Gasteiger partial charge in [-0.3, -0.25) is 25.2 Å². The van der Waals surface area contributed by atoms with Gasteiger partial charge in [0.1, 0.15) is 5.52 Å². The number of phenols is 1. The zero-order chi connectivity index (χ0) is 23.0. The number of aliphatic imine (C=N–C) groups is 1. The van der Waals surface area contributed by atoms with E-state index in [0.29, 0.717) is 39.3 Å². The van der Waals surface area contributed by atoms with Gasteiger partial charge in [0.2, 0.25) is 11.6 Å². The van der Waals surface area contributed by atoms with Gasteiger partial charge in [-0.05, 0) is 59.0 Å². The topological polar surface area (TPSA) is 145 Å². The summed E-state index contributed by atoms with van der Waals surface area (Å²) in [6.07, 6.45) is 1.11. The molecule has 32 heavy (non-hydrogen) atoms. The molecule has 4 aromatic rings. The minimum absolute atomic E-state index is 0.169. The monoisotopic (exact) mass is 564 g/mol. The fourth-order valence-corrected chi connectivity index (χ4v) is 3.58. The first kappa shape index (κ1) is 21.6. The summed E-state index contributed by atoms with van der Waals surface area (Å²) in [6.45, 7) is 0. The highest BCUT2D eigenvalue weighted by atomic mass is 127.